The molecule has 2 aromatic rings. The van der Waals surface area contributed by atoms with Gasteiger partial charge in [0, 0.05) is 24.5 Å². The number of nitrogens with two attached hydrogens (primary N) is 1. The van der Waals surface area contributed by atoms with Gasteiger partial charge in [0.2, 0.25) is 11.9 Å². The number of carbonyl (C=O) groups is 1. The van der Waals surface area contributed by atoms with Crippen LogP contribution in [0.25, 0.3) is 0 Å². The highest BCUT2D eigenvalue weighted by atomic mass is 19.4. The van der Waals surface area contributed by atoms with E-state index in [0.29, 0.717) is 23.0 Å². The monoisotopic (exact) mass is 325 g/mol. The van der Waals surface area contributed by atoms with Crippen molar-refractivity contribution >= 4 is 23.4 Å². The van der Waals surface area contributed by atoms with E-state index in [1.54, 1.807) is 19.1 Å². The van der Waals surface area contributed by atoms with Gasteiger partial charge in [0.1, 0.15) is 11.4 Å². The molecule has 0 aliphatic rings. The van der Waals surface area contributed by atoms with Gasteiger partial charge in [0.15, 0.2) is 0 Å². The number of carbonyl (C=O) groups excluding carboxylic acids is 1. The maximum Gasteiger partial charge on any atom is 0.421 e. The van der Waals surface area contributed by atoms with Crippen LogP contribution in [-0.4, -0.2) is 22.9 Å². The standard InChI is InChI=1S/C14H14F3N5O/c1-7-5-8(3-4-9(7)11(18)23)21-13-20-6-10(14(15,16)17)12(19-2)22-13/h3-6H,1-2H3,(H2,18,23)(H2,19,20,21,22). The van der Waals surface area contributed by atoms with Crippen LogP contribution in [0, 0.1) is 6.92 Å². The lowest BCUT2D eigenvalue weighted by Crippen LogP contribution is -2.13. The third-order valence-electron chi connectivity index (χ3n) is 3.08. The number of aryl methyl sites for hydroxylation is 1. The van der Waals surface area contributed by atoms with E-state index in [1.165, 1.54) is 13.1 Å². The second-order valence-electron chi connectivity index (χ2n) is 4.72. The van der Waals surface area contributed by atoms with Crippen molar-refractivity contribution in [1.82, 2.24) is 9.97 Å². The summed E-state index contributed by atoms with van der Waals surface area (Å²) in [6.45, 7) is 1.69. The molecule has 1 amide bonds. The summed E-state index contributed by atoms with van der Waals surface area (Å²) in [6, 6.07) is 4.70. The molecule has 0 aliphatic heterocycles. The van der Waals surface area contributed by atoms with Crippen molar-refractivity contribution in [3.63, 3.8) is 0 Å². The normalized spacial score (nSPS) is 11.2. The van der Waals surface area contributed by atoms with Crippen molar-refractivity contribution in [2.24, 2.45) is 5.73 Å². The van der Waals surface area contributed by atoms with Gasteiger partial charge in [-0.05, 0) is 30.7 Å². The highest BCUT2D eigenvalue weighted by molar-refractivity contribution is 5.94. The average Bonchev–Trinajstić information content (AvgIpc) is 2.45. The van der Waals surface area contributed by atoms with E-state index in [0.717, 1.165) is 0 Å². The molecule has 2 rings (SSSR count). The number of nitrogens with zero attached hydrogens (tertiary/aromatic N) is 2. The second kappa shape index (κ2) is 6.11. The maximum absolute atomic E-state index is 12.8. The lowest BCUT2D eigenvalue weighted by Gasteiger charge is -2.13. The minimum atomic E-state index is -4.55. The predicted molar refractivity (Wildman–Crippen MR) is 79.6 cm³/mol. The first-order valence-electron chi connectivity index (χ1n) is 6.52. The Kier molecular flexibility index (Phi) is 4.39. The molecule has 0 fully saturated rings. The number of amides is 1. The summed E-state index contributed by atoms with van der Waals surface area (Å²) in [7, 11) is 1.34. The van der Waals surface area contributed by atoms with E-state index in [1.807, 2.05) is 0 Å². The predicted octanol–water partition coefficient (Wildman–Crippen LogP) is 2.69. The summed E-state index contributed by atoms with van der Waals surface area (Å²) in [6.07, 6.45) is -3.84. The number of hydrogen-bond acceptors (Lipinski definition) is 5. The Labute approximate surface area is 129 Å². The Morgan fingerprint density at radius 3 is 2.52 bits per heavy atom. The molecule has 0 saturated carbocycles. The highest BCUT2D eigenvalue weighted by Crippen LogP contribution is 2.33. The fraction of sp³-hybridized carbons (Fsp3) is 0.214. The summed E-state index contributed by atoms with van der Waals surface area (Å²) in [5.41, 5.74) is 5.77. The van der Waals surface area contributed by atoms with Crippen LogP contribution < -0.4 is 16.4 Å². The fourth-order valence-electron chi connectivity index (χ4n) is 1.99. The van der Waals surface area contributed by atoms with Crippen LogP contribution in [0.5, 0.6) is 0 Å². The quantitative estimate of drug-likeness (QED) is 0.804. The van der Waals surface area contributed by atoms with E-state index in [-0.39, 0.29) is 11.8 Å². The van der Waals surface area contributed by atoms with E-state index in [2.05, 4.69) is 20.6 Å². The molecule has 6 nitrogen and oxygen atoms in total. The van der Waals surface area contributed by atoms with Crippen molar-refractivity contribution < 1.29 is 18.0 Å². The Morgan fingerprint density at radius 2 is 2.00 bits per heavy atom. The van der Waals surface area contributed by atoms with Crippen molar-refractivity contribution in [2.45, 2.75) is 13.1 Å². The third-order valence-corrected chi connectivity index (χ3v) is 3.08. The molecule has 1 heterocycles. The Hall–Kier alpha value is -2.84. The number of primary amides is 1. The average molecular weight is 325 g/mol. The van der Waals surface area contributed by atoms with Gasteiger partial charge in [0.25, 0.3) is 0 Å². The maximum atomic E-state index is 12.8. The minimum Gasteiger partial charge on any atom is -0.372 e. The van der Waals surface area contributed by atoms with Crippen LogP contribution in [0.1, 0.15) is 21.5 Å². The summed E-state index contributed by atoms with van der Waals surface area (Å²) >= 11 is 0. The molecule has 0 spiro atoms. The number of nitrogens with one attached hydrogen (secondary N) is 2. The summed E-state index contributed by atoms with van der Waals surface area (Å²) in [4.78, 5) is 18.6. The molecule has 9 heteroatoms. The van der Waals surface area contributed by atoms with Gasteiger partial charge < -0.3 is 16.4 Å². The lowest BCUT2D eigenvalue weighted by molar-refractivity contribution is -0.137. The van der Waals surface area contributed by atoms with Gasteiger partial charge in [-0.3, -0.25) is 4.79 Å². The van der Waals surface area contributed by atoms with Crippen LogP contribution in [0.3, 0.4) is 0 Å². The van der Waals surface area contributed by atoms with Crippen molar-refractivity contribution in [1.29, 1.82) is 0 Å². The molecule has 0 bridgehead atoms. The lowest BCUT2D eigenvalue weighted by atomic mass is 10.1. The zero-order valence-electron chi connectivity index (χ0n) is 12.3. The fourth-order valence-corrected chi connectivity index (χ4v) is 1.99. The molecule has 0 unspecified atom stereocenters. The third kappa shape index (κ3) is 3.68. The first kappa shape index (κ1) is 16.5. The largest absolute Gasteiger partial charge is 0.421 e. The first-order chi connectivity index (χ1) is 10.7. The Bertz CT molecular complexity index is 746. The van der Waals surface area contributed by atoms with Crippen molar-refractivity contribution in [3.8, 4) is 0 Å². The number of anilines is 3. The molecule has 4 N–H and O–H groups in total. The topological polar surface area (TPSA) is 92.9 Å². The zero-order chi connectivity index (χ0) is 17.2. The molecule has 0 aliphatic carbocycles. The van der Waals surface area contributed by atoms with Gasteiger partial charge in [-0.25, -0.2) is 4.98 Å². The van der Waals surface area contributed by atoms with Crippen LogP contribution >= 0.6 is 0 Å². The number of aromatic nitrogens is 2. The van der Waals surface area contributed by atoms with Gasteiger partial charge in [-0.15, -0.1) is 0 Å². The zero-order valence-corrected chi connectivity index (χ0v) is 12.3. The summed E-state index contributed by atoms with van der Waals surface area (Å²) in [5, 5.41) is 5.17. The smallest absolute Gasteiger partial charge is 0.372 e. The molecule has 0 saturated heterocycles. The van der Waals surface area contributed by atoms with Crippen LogP contribution in [0.4, 0.5) is 30.6 Å². The number of benzene rings is 1. The van der Waals surface area contributed by atoms with E-state index >= 15 is 0 Å². The van der Waals surface area contributed by atoms with Crippen LogP contribution in [0.2, 0.25) is 0 Å². The van der Waals surface area contributed by atoms with Crippen LogP contribution in [-0.2, 0) is 6.18 Å². The molecular weight excluding hydrogens is 311 g/mol. The first-order valence-corrected chi connectivity index (χ1v) is 6.52. The minimum absolute atomic E-state index is 0.00595. The van der Waals surface area contributed by atoms with Crippen LogP contribution in [0.15, 0.2) is 24.4 Å². The van der Waals surface area contributed by atoms with Gasteiger partial charge in [-0.2, -0.15) is 18.2 Å². The number of alkyl halides is 3. The molecule has 0 radical (unpaired) electrons. The number of hydrogen-bond donors (Lipinski definition) is 3. The molecule has 122 valence electrons. The number of rotatable bonds is 4. The highest BCUT2D eigenvalue weighted by Gasteiger charge is 2.35. The van der Waals surface area contributed by atoms with Gasteiger partial charge in [-0.1, -0.05) is 0 Å². The molecule has 1 aromatic heterocycles. The van der Waals surface area contributed by atoms with Gasteiger partial charge in [0.05, 0.1) is 0 Å². The van der Waals surface area contributed by atoms with E-state index in [4.69, 9.17) is 5.73 Å². The number of halogens is 3. The van der Waals surface area contributed by atoms with Gasteiger partial charge >= 0.3 is 6.18 Å². The molecule has 0 atom stereocenters. The SMILES string of the molecule is CNc1nc(Nc2ccc(C(N)=O)c(C)c2)ncc1C(F)(F)F. The van der Waals surface area contributed by atoms with E-state index < -0.39 is 17.6 Å². The van der Waals surface area contributed by atoms with Crippen molar-refractivity contribution in [2.75, 3.05) is 17.7 Å². The molecular formula is C14H14F3N5O. The Balaban J connectivity index is 2.30. The molecule has 23 heavy (non-hydrogen) atoms. The Morgan fingerprint density at radius 1 is 1.30 bits per heavy atom. The van der Waals surface area contributed by atoms with Crippen molar-refractivity contribution in [3.05, 3.63) is 41.1 Å². The summed E-state index contributed by atoms with van der Waals surface area (Å²) < 4.78 is 38.3. The van der Waals surface area contributed by atoms with E-state index in [9.17, 15) is 18.0 Å². The second-order valence-corrected chi connectivity index (χ2v) is 4.72. The molecule has 1 aromatic carbocycles. The summed E-state index contributed by atoms with van der Waals surface area (Å²) in [5.74, 6) is -0.897.